The van der Waals surface area contributed by atoms with E-state index in [4.69, 9.17) is 10.5 Å². The van der Waals surface area contributed by atoms with Crippen molar-refractivity contribution in [3.05, 3.63) is 29.6 Å². The molecule has 164 valence electrons. The van der Waals surface area contributed by atoms with Crippen LogP contribution in [0, 0.1) is 5.82 Å². The monoisotopic (exact) mass is 440 g/mol. The van der Waals surface area contributed by atoms with Gasteiger partial charge in [0.2, 0.25) is 16.0 Å². The van der Waals surface area contributed by atoms with Gasteiger partial charge in [-0.1, -0.05) is 0 Å². The number of ether oxygens (including phenoxy) is 1. The summed E-state index contributed by atoms with van der Waals surface area (Å²) >= 11 is 0. The van der Waals surface area contributed by atoms with Crippen molar-refractivity contribution in [2.45, 2.75) is 56.4 Å². The van der Waals surface area contributed by atoms with Crippen LogP contribution in [0.4, 0.5) is 14.9 Å². The average molecular weight is 440 g/mol. The highest BCUT2D eigenvalue weighted by molar-refractivity contribution is 7.90. The van der Waals surface area contributed by atoms with E-state index in [0.29, 0.717) is 0 Å². The number of fused-ring (bicyclic) bond motifs is 1. The summed E-state index contributed by atoms with van der Waals surface area (Å²) in [5.74, 6) is -1.25. The number of rotatable bonds is 1. The summed E-state index contributed by atoms with van der Waals surface area (Å²) in [7, 11) is -2.95. The number of guanidine groups is 1. The Labute approximate surface area is 174 Å². The number of anilines is 1. The highest BCUT2D eigenvalue weighted by Crippen LogP contribution is 2.47. The van der Waals surface area contributed by atoms with Crippen molar-refractivity contribution < 1.29 is 27.1 Å². The summed E-state index contributed by atoms with van der Waals surface area (Å²) in [5.41, 5.74) is 3.59. The molecule has 0 radical (unpaired) electrons. The topological polar surface area (TPSA) is 131 Å². The fourth-order valence-corrected chi connectivity index (χ4v) is 5.66. The third kappa shape index (κ3) is 3.85. The number of benzene rings is 1. The number of sulfonamides is 1. The molecule has 2 atom stereocenters. The molecule has 3 rings (SSSR count). The van der Waals surface area contributed by atoms with Gasteiger partial charge in [0, 0.05) is 31.1 Å². The molecule has 1 aromatic rings. The van der Waals surface area contributed by atoms with E-state index in [1.54, 1.807) is 20.8 Å². The lowest BCUT2D eigenvalue weighted by atomic mass is 9.75. The van der Waals surface area contributed by atoms with E-state index in [0.717, 1.165) is 10.4 Å². The second-order valence-electron chi connectivity index (χ2n) is 8.47. The summed E-state index contributed by atoms with van der Waals surface area (Å²) in [6, 6.07) is 3.81. The van der Waals surface area contributed by atoms with Gasteiger partial charge in [-0.3, -0.25) is 10.1 Å². The first kappa shape index (κ1) is 22.0. The average Bonchev–Trinajstić information content (AvgIpc) is 2.61. The highest BCUT2D eigenvalue weighted by atomic mass is 32.2. The number of carbonyl (C=O) groups is 2. The Morgan fingerprint density at radius 3 is 2.70 bits per heavy atom. The molecule has 0 saturated heterocycles. The standard InChI is InChI=1S/C19H25FN4O5S/c1-18(2,3)29-17(26)22-16-23-19(13-9-11(21)5-6-14(13)20)8-7-12(25)10-15(19)30(27,28)24(16)4/h5-6,9,15H,7-8,10,21H2,1-4H3,(H,22,23,26). The molecule has 0 aromatic heterocycles. The van der Waals surface area contributed by atoms with Gasteiger partial charge < -0.3 is 10.5 Å². The summed E-state index contributed by atoms with van der Waals surface area (Å²) < 4.78 is 47.4. The number of aliphatic imine (C=N–C) groups is 1. The largest absolute Gasteiger partial charge is 0.444 e. The molecule has 1 fully saturated rings. The minimum Gasteiger partial charge on any atom is -0.444 e. The first-order valence-electron chi connectivity index (χ1n) is 9.41. The molecule has 1 saturated carbocycles. The number of ketones is 1. The zero-order valence-corrected chi connectivity index (χ0v) is 18.0. The zero-order chi connectivity index (χ0) is 22.5. The van der Waals surface area contributed by atoms with Crippen LogP contribution in [0.25, 0.3) is 0 Å². The van der Waals surface area contributed by atoms with Gasteiger partial charge in [-0.25, -0.2) is 26.9 Å². The number of alkyl carbamates (subject to hydrolysis) is 1. The molecule has 2 unspecified atom stereocenters. The molecule has 30 heavy (non-hydrogen) atoms. The van der Waals surface area contributed by atoms with Crippen LogP contribution in [0.3, 0.4) is 0 Å². The minimum atomic E-state index is -4.17. The number of Topliss-reactive ketones (excluding diaryl/α,β-unsaturated/α-hetero) is 1. The summed E-state index contributed by atoms with van der Waals surface area (Å²) in [6.45, 7) is 4.96. The third-order valence-electron chi connectivity index (χ3n) is 5.15. The predicted octanol–water partition coefficient (Wildman–Crippen LogP) is 1.88. The minimum absolute atomic E-state index is 0.0210. The van der Waals surface area contributed by atoms with Gasteiger partial charge in [0.25, 0.3) is 0 Å². The Balaban J connectivity index is 2.18. The molecule has 0 bridgehead atoms. The Kier molecular flexibility index (Phi) is 5.30. The SMILES string of the molecule is CN1C(NC(=O)OC(C)(C)C)=NC2(c3cc(N)ccc3F)CCC(=O)CC2S1(=O)=O. The number of nitrogens with two attached hydrogens (primary N) is 1. The Morgan fingerprint density at radius 2 is 2.07 bits per heavy atom. The fraction of sp³-hybridized carbons (Fsp3) is 0.526. The molecule has 1 aliphatic carbocycles. The van der Waals surface area contributed by atoms with E-state index in [-0.39, 0.29) is 42.3 Å². The van der Waals surface area contributed by atoms with Crippen molar-refractivity contribution >= 4 is 33.5 Å². The lowest BCUT2D eigenvalue weighted by molar-refractivity contribution is -0.121. The first-order valence-corrected chi connectivity index (χ1v) is 10.9. The number of amides is 1. The molecule has 1 aromatic carbocycles. The second-order valence-corrected chi connectivity index (χ2v) is 10.6. The third-order valence-corrected chi connectivity index (χ3v) is 7.36. The summed E-state index contributed by atoms with van der Waals surface area (Å²) in [6.07, 6.45) is -1.24. The molecular weight excluding hydrogens is 415 g/mol. The van der Waals surface area contributed by atoms with Crippen LogP contribution in [0.15, 0.2) is 23.2 Å². The highest BCUT2D eigenvalue weighted by Gasteiger charge is 2.57. The van der Waals surface area contributed by atoms with Gasteiger partial charge >= 0.3 is 6.09 Å². The quantitative estimate of drug-likeness (QED) is 0.641. The van der Waals surface area contributed by atoms with Crippen molar-refractivity contribution in [2.75, 3.05) is 12.8 Å². The number of carbonyl (C=O) groups excluding carboxylic acids is 2. The molecule has 11 heteroatoms. The Morgan fingerprint density at radius 1 is 1.40 bits per heavy atom. The number of nitrogen functional groups attached to an aromatic ring is 1. The predicted molar refractivity (Wildman–Crippen MR) is 109 cm³/mol. The smallest absolute Gasteiger partial charge is 0.414 e. The number of hydrogen-bond donors (Lipinski definition) is 2. The van der Waals surface area contributed by atoms with Gasteiger partial charge in [0.15, 0.2) is 0 Å². The maximum Gasteiger partial charge on any atom is 0.414 e. The Bertz CT molecular complexity index is 1030. The Hall–Kier alpha value is -2.69. The maximum absolute atomic E-state index is 14.8. The molecule has 3 N–H and O–H groups in total. The molecule has 1 aliphatic heterocycles. The van der Waals surface area contributed by atoms with Crippen LogP contribution < -0.4 is 11.1 Å². The maximum atomic E-state index is 14.8. The molecule has 9 nitrogen and oxygen atoms in total. The van der Waals surface area contributed by atoms with Crippen molar-refractivity contribution in [1.82, 2.24) is 9.62 Å². The van der Waals surface area contributed by atoms with E-state index in [2.05, 4.69) is 10.3 Å². The van der Waals surface area contributed by atoms with Crippen LogP contribution >= 0.6 is 0 Å². The van der Waals surface area contributed by atoms with Crippen LogP contribution in [-0.2, 0) is 25.1 Å². The molecule has 1 heterocycles. The van der Waals surface area contributed by atoms with E-state index >= 15 is 0 Å². The molecule has 1 amide bonds. The van der Waals surface area contributed by atoms with Gasteiger partial charge in [0.05, 0.1) is 0 Å². The van der Waals surface area contributed by atoms with E-state index in [1.165, 1.54) is 19.2 Å². The van der Waals surface area contributed by atoms with Crippen LogP contribution in [0.2, 0.25) is 0 Å². The van der Waals surface area contributed by atoms with Crippen LogP contribution in [0.1, 0.15) is 45.6 Å². The van der Waals surface area contributed by atoms with E-state index < -0.39 is 38.3 Å². The van der Waals surface area contributed by atoms with Crippen molar-refractivity contribution in [2.24, 2.45) is 4.99 Å². The number of halogens is 1. The lowest BCUT2D eigenvalue weighted by Gasteiger charge is -2.46. The fourth-order valence-electron chi connectivity index (χ4n) is 3.76. The van der Waals surface area contributed by atoms with Crippen molar-refractivity contribution in [1.29, 1.82) is 0 Å². The second kappa shape index (κ2) is 7.22. The number of hydrogen-bond acceptors (Lipinski definition) is 7. The summed E-state index contributed by atoms with van der Waals surface area (Å²) in [4.78, 5) is 28.9. The zero-order valence-electron chi connectivity index (χ0n) is 17.2. The van der Waals surface area contributed by atoms with Crippen LogP contribution in [-0.4, -0.2) is 48.5 Å². The van der Waals surface area contributed by atoms with Gasteiger partial charge in [-0.2, -0.15) is 0 Å². The van der Waals surface area contributed by atoms with E-state index in [1.807, 2.05) is 0 Å². The normalized spacial score (nSPS) is 25.9. The van der Waals surface area contributed by atoms with Crippen molar-refractivity contribution in [3.63, 3.8) is 0 Å². The van der Waals surface area contributed by atoms with Crippen LogP contribution in [0.5, 0.6) is 0 Å². The van der Waals surface area contributed by atoms with Crippen molar-refractivity contribution in [3.8, 4) is 0 Å². The van der Waals surface area contributed by atoms with Gasteiger partial charge in [0.1, 0.15) is 28.0 Å². The summed E-state index contributed by atoms with van der Waals surface area (Å²) in [5, 5.41) is 1.03. The first-order chi connectivity index (χ1) is 13.8. The number of nitrogens with zero attached hydrogens (tertiary/aromatic N) is 2. The van der Waals surface area contributed by atoms with Gasteiger partial charge in [-0.15, -0.1) is 0 Å². The van der Waals surface area contributed by atoms with Gasteiger partial charge in [-0.05, 0) is 45.4 Å². The molecule has 0 spiro atoms. The molecule has 2 aliphatic rings. The lowest BCUT2D eigenvalue weighted by Crippen LogP contribution is -2.61. The molecular formula is C19H25FN4O5S. The number of nitrogens with one attached hydrogen (secondary N) is 1. The van der Waals surface area contributed by atoms with E-state index in [9.17, 15) is 22.4 Å².